The van der Waals surface area contributed by atoms with Crippen LogP contribution in [0.1, 0.15) is 62.0 Å². The van der Waals surface area contributed by atoms with Crippen LogP contribution in [-0.4, -0.2) is 45.0 Å². The standard InChI is InChI=1S/C21H29N5O3.2ClH/c1-12(2)9-26-17-16(18(27)24-20(26)29)14(8-15(23-17)13-4-5-13)19(28)25-7-6-21(3,10-22)11-25;;/h8,12-13H,4-7,9-11,22H2,1-3H3,(H,24,27,29);2*1H. The molecule has 2 aliphatic rings. The first-order valence-corrected chi connectivity index (χ1v) is 10.4. The molecule has 1 aliphatic heterocycles. The van der Waals surface area contributed by atoms with Crippen LogP contribution in [0.3, 0.4) is 0 Å². The third-order valence-electron chi connectivity index (χ3n) is 6.08. The lowest BCUT2D eigenvalue weighted by molar-refractivity contribution is 0.0778. The summed E-state index contributed by atoms with van der Waals surface area (Å²) in [4.78, 5) is 47.5. The molecular formula is C21H31Cl2N5O3. The molecule has 0 spiro atoms. The lowest BCUT2D eigenvalue weighted by Crippen LogP contribution is -2.37. The molecule has 2 fully saturated rings. The Hall–Kier alpha value is -1.90. The van der Waals surface area contributed by atoms with Crippen LogP contribution in [0.5, 0.6) is 0 Å². The number of H-pyrrole nitrogens is 1. The molecule has 1 amide bonds. The van der Waals surface area contributed by atoms with Gasteiger partial charge in [-0.05, 0) is 43.2 Å². The molecule has 8 nitrogen and oxygen atoms in total. The zero-order valence-electron chi connectivity index (χ0n) is 18.1. The van der Waals surface area contributed by atoms with Crippen molar-refractivity contribution < 1.29 is 4.79 Å². The predicted molar refractivity (Wildman–Crippen MR) is 126 cm³/mol. The van der Waals surface area contributed by atoms with Gasteiger partial charge in [-0.25, -0.2) is 9.78 Å². The van der Waals surface area contributed by atoms with Gasteiger partial charge in [-0.15, -0.1) is 24.8 Å². The summed E-state index contributed by atoms with van der Waals surface area (Å²) in [5, 5.41) is 0.209. The van der Waals surface area contributed by atoms with Gasteiger partial charge >= 0.3 is 5.69 Å². The molecule has 2 aromatic rings. The molecule has 31 heavy (non-hydrogen) atoms. The summed E-state index contributed by atoms with van der Waals surface area (Å²) in [7, 11) is 0. The maximum Gasteiger partial charge on any atom is 0.330 e. The predicted octanol–water partition coefficient (Wildman–Crippen LogP) is 2.27. The molecule has 3 N–H and O–H groups in total. The molecule has 0 bridgehead atoms. The van der Waals surface area contributed by atoms with E-state index in [1.165, 1.54) is 4.57 Å². The van der Waals surface area contributed by atoms with Crippen molar-refractivity contribution >= 4 is 41.8 Å². The number of hydrogen-bond donors (Lipinski definition) is 2. The lowest BCUT2D eigenvalue weighted by Gasteiger charge is -2.23. The summed E-state index contributed by atoms with van der Waals surface area (Å²) < 4.78 is 1.50. The van der Waals surface area contributed by atoms with Gasteiger partial charge in [0.2, 0.25) is 0 Å². The fourth-order valence-electron chi connectivity index (χ4n) is 4.12. The van der Waals surface area contributed by atoms with Gasteiger partial charge in [-0.3, -0.25) is 19.1 Å². The molecule has 1 aliphatic carbocycles. The molecule has 172 valence electrons. The zero-order chi connectivity index (χ0) is 20.9. The van der Waals surface area contributed by atoms with Gasteiger partial charge in [-0.2, -0.15) is 0 Å². The number of amides is 1. The Morgan fingerprint density at radius 3 is 2.55 bits per heavy atom. The Kier molecular flexibility index (Phi) is 7.61. The molecule has 2 aromatic heterocycles. The number of nitrogens with zero attached hydrogens (tertiary/aromatic N) is 3. The molecule has 4 rings (SSSR count). The summed E-state index contributed by atoms with van der Waals surface area (Å²) in [5.74, 6) is 0.300. The third-order valence-corrected chi connectivity index (χ3v) is 6.08. The number of hydrogen-bond acceptors (Lipinski definition) is 5. The normalized spacial score (nSPS) is 20.6. The van der Waals surface area contributed by atoms with Crippen LogP contribution in [-0.2, 0) is 6.54 Å². The van der Waals surface area contributed by atoms with Crippen LogP contribution in [0.4, 0.5) is 0 Å². The topological polar surface area (TPSA) is 114 Å². The lowest BCUT2D eigenvalue weighted by atomic mass is 9.90. The highest BCUT2D eigenvalue weighted by molar-refractivity contribution is 6.05. The fourth-order valence-corrected chi connectivity index (χ4v) is 4.12. The van der Waals surface area contributed by atoms with Crippen molar-refractivity contribution in [1.29, 1.82) is 0 Å². The first kappa shape index (κ1) is 25.4. The van der Waals surface area contributed by atoms with Gasteiger partial charge in [0, 0.05) is 31.2 Å². The van der Waals surface area contributed by atoms with Crippen molar-refractivity contribution in [2.75, 3.05) is 19.6 Å². The highest BCUT2D eigenvalue weighted by Gasteiger charge is 2.37. The van der Waals surface area contributed by atoms with Crippen molar-refractivity contribution in [2.45, 2.75) is 52.5 Å². The second kappa shape index (κ2) is 9.30. The summed E-state index contributed by atoms with van der Waals surface area (Å²) >= 11 is 0. The molecule has 10 heteroatoms. The van der Waals surface area contributed by atoms with E-state index in [-0.39, 0.29) is 47.4 Å². The number of carbonyl (C=O) groups excluding carboxylic acids is 1. The number of aromatic nitrogens is 3. The van der Waals surface area contributed by atoms with Gasteiger partial charge in [0.1, 0.15) is 0 Å². The Morgan fingerprint density at radius 1 is 1.32 bits per heavy atom. The first-order chi connectivity index (χ1) is 13.7. The van der Waals surface area contributed by atoms with E-state index in [1.54, 1.807) is 11.0 Å². The van der Waals surface area contributed by atoms with Gasteiger partial charge in [0.05, 0.1) is 10.9 Å². The zero-order valence-corrected chi connectivity index (χ0v) is 19.8. The summed E-state index contributed by atoms with van der Waals surface area (Å²) in [6.07, 6.45) is 2.86. The molecule has 1 saturated heterocycles. The largest absolute Gasteiger partial charge is 0.338 e. The van der Waals surface area contributed by atoms with Crippen LogP contribution in [0.2, 0.25) is 0 Å². The van der Waals surface area contributed by atoms with Crippen LogP contribution in [0, 0.1) is 11.3 Å². The van der Waals surface area contributed by atoms with E-state index in [1.807, 2.05) is 13.8 Å². The maximum absolute atomic E-state index is 13.4. The molecule has 3 heterocycles. The highest BCUT2D eigenvalue weighted by Crippen LogP contribution is 2.40. The average Bonchev–Trinajstić information content (AvgIpc) is 3.45. The number of pyridine rings is 1. The number of carbonyl (C=O) groups is 1. The average molecular weight is 472 g/mol. The second-order valence-corrected chi connectivity index (χ2v) is 9.32. The molecular weight excluding hydrogens is 441 g/mol. The van der Waals surface area contributed by atoms with E-state index in [0.717, 1.165) is 25.0 Å². The fraction of sp³-hybridized carbons (Fsp3) is 0.619. The number of nitrogens with one attached hydrogen (secondary N) is 1. The van der Waals surface area contributed by atoms with Gasteiger partial charge < -0.3 is 10.6 Å². The van der Waals surface area contributed by atoms with Crippen LogP contribution in [0.15, 0.2) is 15.7 Å². The minimum atomic E-state index is -0.552. The number of rotatable bonds is 5. The van der Waals surface area contributed by atoms with Crippen molar-refractivity contribution in [3.8, 4) is 0 Å². The van der Waals surface area contributed by atoms with Crippen LogP contribution < -0.4 is 17.0 Å². The first-order valence-electron chi connectivity index (χ1n) is 10.4. The quantitative estimate of drug-likeness (QED) is 0.693. The minimum absolute atomic E-state index is 0. The number of likely N-dealkylation sites (tertiary alicyclic amines) is 1. The van der Waals surface area contributed by atoms with E-state index < -0.39 is 11.2 Å². The van der Waals surface area contributed by atoms with Gasteiger partial charge in [0.15, 0.2) is 5.65 Å². The minimum Gasteiger partial charge on any atom is -0.338 e. The van der Waals surface area contributed by atoms with Crippen LogP contribution >= 0.6 is 24.8 Å². The highest BCUT2D eigenvalue weighted by atomic mass is 35.5. The van der Waals surface area contributed by atoms with Crippen LogP contribution in [0.25, 0.3) is 11.0 Å². The number of aromatic amines is 1. The maximum atomic E-state index is 13.4. The molecule has 0 aromatic carbocycles. The van der Waals surface area contributed by atoms with Gasteiger partial charge in [-0.1, -0.05) is 20.8 Å². The number of halogens is 2. The van der Waals surface area contributed by atoms with E-state index in [9.17, 15) is 14.4 Å². The SMILES string of the molecule is CC(C)Cn1c(=O)[nH]c(=O)c2c(C(=O)N3CCC(C)(CN)C3)cc(C3CC3)nc21.Cl.Cl. The Balaban J connectivity index is 0.00000171. The summed E-state index contributed by atoms with van der Waals surface area (Å²) in [5.41, 5.74) is 6.22. The Labute approximate surface area is 193 Å². The molecule has 1 saturated carbocycles. The van der Waals surface area contributed by atoms with Crippen molar-refractivity contribution in [3.63, 3.8) is 0 Å². The monoisotopic (exact) mass is 471 g/mol. The van der Waals surface area contributed by atoms with Crippen molar-refractivity contribution in [2.24, 2.45) is 17.1 Å². The van der Waals surface area contributed by atoms with E-state index in [2.05, 4.69) is 16.9 Å². The molecule has 0 radical (unpaired) electrons. The Morgan fingerprint density at radius 2 is 2.00 bits per heavy atom. The molecule has 1 unspecified atom stereocenters. The van der Waals surface area contributed by atoms with Gasteiger partial charge in [0.25, 0.3) is 11.5 Å². The Bertz CT molecular complexity index is 1090. The smallest absolute Gasteiger partial charge is 0.330 e. The molecule has 1 atom stereocenters. The van der Waals surface area contributed by atoms with Crippen molar-refractivity contribution in [1.82, 2.24) is 19.4 Å². The van der Waals surface area contributed by atoms with E-state index >= 15 is 0 Å². The number of nitrogens with two attached hydrogens (primary N) is 1. The van der Waals surface area contributed by atoms with E-state index in [4.69, 9.17) is 5.73 Å². The number of fused-ring (bicyclic) bond motifs is 1. The summed E-state index contributed by atoms with van der Waals surface area (Å²) in [6, 6.07) is 1.76. The second-order valence-electron chi connectivity index (χ2n) is 9.32. The van der Waals surface area contributed by atoms with Crippen molar-refractivity contribution in [3.05, 3.63) is 38.2 Å². The summed E-state index contributed by atoms with van der Waals surface area (Å²) in [6.45, 7) is 8.18. The third kappa shape index (κ3) is 4.81. The van der Waals surface area contributed by atoms with E-state index in [0.29, 0.717) is 43.3 Å².